The maximum atomic E-state index is 13.2. The highest BCUT2D eigenvalue weighted by atomic mass is 16.2. The van der Waals surface area contributed by atoms with E-state index in [1.54, 1.807) is 31.2 Å². The molecule has 1 aliphatic carbocycles. The average Bonchev–Trinajstić information content (AvgIpc) is 2.80. The number of aromatic nitrogens is 2. The van der Waals surface area contributed by atoms with Crippen LogP contribution < -0.4 is 10.9 Å². The van der Waals surface area contributed by atoms with E-state index in [4.69, 9.17) is 0 Å². The molecule has 6 heteroatoms. The van der Waals surface area contributed by atoms with Crippen LogP contribution in [0, 0.1) is 0 Å². The van der Waals surface area contributed by atoms with Gasteiger partial charge < -0.3 is 5.32 Å². The molecule has 158 valence electrons. The maximum absolute atomic E-state index is 13.2. The molecule has 1 aromatic heterocycles. The topological polar surface area (TPSA) is 81.1 Å². The number of nitrogens with zero attached hydrogens (tertiary/aromatic N) is 2. The predicted molar refractivity (Wildman–Crippen MR) is 120 cm³/mol. The molecule has 3 aromatic rings. The number of hydrogen-bond acceptors (Lipinski definition) is 4. The van der Waals surface area contributed by atoms with Crippen molar-refractivity contribution in [3.8, 4) is 11.3 Å². The molecule has 1 amide bonds. The van der Waals surface area contributed by atoms with E-state index in [0.29, 0.717) is 17.7 Å². The Morgan fingerprint density at radius 3 is 2.26 bits per heavy atom. The number of amides is 1. The molecule has 1 aliphatic rings. The number of carbonyl (C=O) groups excluding carboxylic acids is 2. The highest BCUT2D eigenvalue weighted by Crippen LogP contribution is 2.28. The van der Waals surface area contributed by atoms with Crippen molar-refractivity contribution in [3.63, 3.8) is 0 Å². The molecule has 4 rings (SSSR count). The summed E-state index contributed by atoms with van der Waals surface area (Å²) >= 11 is 0. The van der Waals surface area contributed by atoms with Gasteiger partial charge >= 0.3 is 0 Å². The van der Waals surface area contributed by atoms with Crippen LogP contribution in [0.1, 0.15) is 54.2 Å². The molecule has 1 heterocycles. The van der Waals surface area contributed by atoms with E-state index in [-0.39, 0.29) is 17.2 Å². The van der Waals surface area contributed by atoms with Crippen LogP contribution in [0.3, 0.4) is 0 Å². The highest BCUT2D eigenvalue weighted by Gasteiger charge is 2.25. The maximum Gasteiger partial charge on any atom is 0.271 e. The van der Waals surface area contributed by atoms with Crippen molar-refractivity contribution in [1.29, 1.82) is 0 Å². The number of Topliss-reactive ketones (excluding diaryl/α,β-unsaturated/α-hetero) is 1. The SMILES string of the molecule is CC(=O)c1ccc(NC(=O)[C@@H](C)n2nc(-c3ccccc3)c3c(c2=O)CCCC3)cc1. The van der Waals surface area contributed by atoms with Crippen molar-refractivity contribution >= 4 is 17.4 Å². The summed E-state index contributed by atoms with van der Waals surface area (Å²) in [6.07, 6.45) is 3.52. The van der Waals surface area contributed by atoms with Crippen molar-refractivity contribution in [2.45, 2.75) is 45.6 Å². The number of hydrogen-bond donors (Lipinski definition) is 1. The second-order valence-corrected chi connectivity index (χ2v) is 7.93. The monoisotopic (exact) mass is 415 g/mol. The normalized spacial score (nSPS) is 13.9. The Hall–Kier alpha value is -3.54. The van der Waals surface area contributed by atoms with Crippen molar-refractivity contribution in [2.24, 2.45) is 0 Å². The number of benzene rings is 2. The van der Waals surface area contributed by atoms with Crippen LogP contribution in [-0.4, -0.2) is 21.5 Å². The first-order chi connectivity index (χ1) is 15.0. The molecule has 6 nitrogen and oxygen atoms in total. The highest BCUT2D eigenvalue weighted by molar-refractivity contribution is 5.96. The minimum Gasteiger partial charge on any atom is -0.324 e. The van der Waals surface area contributed by atoms with Gasteiger partial charge in [0.1, 0.15) is 6.04 Å². The summed E-state index contributed by atoms with van der Waals surface area (Å²) < 4.78 is 1.31. The van der Waals surface area contributed by atoms with E-state index in [2.05, 4.69) is 10.4 Å². The fourth-order valence-corrected chi connectivity index (χ4v) is 3.99. The molecule has 0 saturated heterocycles. The summed E-state index contributed by atoms with van der Waals surface area (Å²) in [6.45, 7) is 3.17. The van der Waals surface area contributed by atoms with Crippen LogP contribution in [0.15, 0.2) is 59.4 Å². The number of nitrogens with one attached hydrogen (secondary N) is 1. The van der Waals surface area contributed by atoms with E-state index in [1.165, 1.54) is 11.6 Å². The fourth-order valence-electron chi connectivity index (χ4n) is 3.99. The molecule has 2 aromatic carbocycles. The Morgan fingerprint density at radius 1 is 0.968 bits per heavy atom. The Bertz CT molecular complexity index is 1180. The largest absolute Gasteiger partial charge is 0.324 e. The lowest BCUT2D eigenvalue weighted by Crippen LogP contribution is -2.37. The second-order valence-electron chi connectivity index (χ2n) is 7.93. The molecule has 0 aliphatic heterocycles. The summed E-state index contributed by atoms with van der Waals surface area (Å²) in [5.74, 6) is -0.371. The number of ketones is 1. The van der Waals surface area contributed by atoms with Gasteiger partial charge in [-0.2, -0.15) is 5.10 Å². The smallest absolute Gasteiger partial charge is 0.271 e. The van der Waals surface area contributed by atoms with Crippen molar-refractivity contribution in [1.82, 2.24) is 9.78 Å². The zero-order valence-electron chi connectivity index (χ0n) is 17.7. The van der Waals surface area contributed by atoms with Gasteiger partial charge in [-0.05, 0) is 69.4 Å². The lowest BCUT2D eigenvalue weighted by atomic mass is 9.89. The molecule has 0 unspecified atom stereocenters. The lowest BCUT2D eigenvalue weighted by Gasteiger charge is -2.22. The minimum absolute atomic E-state index is 0.0375. The van der Waals surface area contributed by atoms with Gasteiger partial charge in [-0.15, -0.1) is 0 Å². The van der Waals surface area contributed by atoms with Crippen molar-refractivity contribution in [3.05, 3.63) is 81.6 Å². The summed E-state index contributed by atoms with van der Waals surface area (Å²) in [6, 6.07) is 15.7. The minimum atomic E-state index is -0.783. The third-order valence-corrected chi connectivity index (χ3v) is 5.78. The molecule has 0 fully saturated rings. The van der Waals surface area contributed by atoms with Crippen LogP contribution in [-0.2, 0) is 17.6 Å². The number of fused-ring (bicyclic) bond motifs is 1. The van der Waals surface area contributed by atoms with Crippen LogP contribution in [0.25, 0.3) is 11.3 Å². The van der Waals surface area contributed by atoms with Gasteiger partial charge in [0.05, 0.1) is 5.69 Å². The molecule has 31 heavy (non-hydrogen) atoms. The Morgan fingerprint density at radius 2 is 1.61 bits per heavy atom. The van der Waals surface area contributed by atoms with Crippen LogP contribution in [0.4, 0.5) is 5.69 Å². The fraction of sp³-hybridized carbons (Fsp3) is 0.280. The molecule has 0 saturated carbocycles. The van der Waals surface area contributed by atoms with Crippen molar-refractivity contribution < 1.29 is 9.59 Å². The zero-order chi connectivity index (χ0) is 22.0. The van der Waals surface area contributed by atoms with Crippen LogP contribution in [0.2, 0.25) is 0 Å². The van der Waals surface area contributed by atoms with Crippen LogP contribution >= 0.6 is 0 Å². The van der Waals surface area contributed by atoms with Crippen molar-refractivity contribution in [2.75, 3.05) is 5.32 Å². The van der Waals surface area contributed by atoms with E-state index in [1.807, 2.05) is 30.3 Å². The summed E-state index contributed by atoms with van der Waals surface area (Å²) in [5, 5.41) is 7.48. The zero-order valence-corrected chi connectivity index (χ0v) is 17.7. The van der Waals surface area contributed by atoms with Gasteiger partial charge in [0, 0.05) is 22.4 Å². The molecular formula is C25H25N3O3. The molecule has 0 bridgehead atoms. The first kappa shape index (κ1) is 20.7. The molecule has 1 atom stereocenters. The van der Waals surface area contributed by atoms with Gasteiger partial charge in [-0.25, -0.2) is 4.68 Å². The molecule has 0 radical (unpaired) electrons. The first-order valence-electron chi connectivity index (χ1n) is 10.6. The third kappa shape index (κ3) is 4.19. The van der Waals surface area contributed by atoms with E-state index < -0.39 is 6.04 Å². The van der Waals surface area contributed by atoms with Gasteiger partial charge in [0.25, 0.3) is 5.56 Å². The molecular weight excluding hydrogens is 390 g/mol. The molecule has 0 spiro atoms. The summed E-state index contributed by atoms with van der Waals surface area (Å²) in [4.78, 5) is 37.6. The third-order valence-electron chi connectivity index (χ3n) is 5.78. The molecule has 1 N–H and O–H groups in total. The average molecular weight is 415 g/mol. The predicted octanol–water partition coefficient (Wildman–Crippen LogP) is 4.19. The summed E-state index contributed by atoms with van der Waals surface area (Å²) in [7, 11) is 0. The number of carbonyl (C=O) groups is 2. The Labute approximate surface area is 180 Å². The standard InChI is InChI=1S/C25H25N3O3/c1-16(24(30)26-20-14-12-18(13-15-20)17(2)29)28-25(31)22-11-7-6-10-21(22)23(27-28)19-8-4-3-5-9-19/h3-5,8-9,12-16H,6-7,10-11H2,1-2H3,(H,26,30)/t16-/m1/s1. The Kier molecular flexibility index (Phi) is 5.80. The Balaban J connectivity index is 1.69. The van der Waals surface area contributed by atoms with Gasteiger partial charge in [-0.3, -0.25) is 14.4 Å². The quantitative estimate of drug-likeness (QED) is 0.634. The number of rotatable bonds is 5. The van der Waals surface area contributed by atoms with Gasteiger partial charge in [0.2, 0.25) is 5.91 Å². The van der Waals surface area contributed by atoms with Crippen LogP contribution in [0.5, 0.6) is 0 Å². The van der Waals surface area contributed by atoms with Gasteiger partial charge in [0.15, 0.2) is 5.78 Å². The summed E-state index contributed by atoms with van der Waals surface area (Å²) in [5.41, 5.74) is 4.45. The first-order valence-corrected chi connectivity index (χ1v) is 10.6. The van der Waals surface area contributed by atoms with E-state index in [0.717, 1.165) is 41.6 Å². The lowest BCUT2D eigenvalue weighted by molar-refractivity contribution is -0.119. The van der Waals surface area contributed by atoms with Gasteiger partial charge in [-0.1, -0.05) is 30.3 Å². The number of anilines is 1. The van der Waals surface area contributed by atoms with E-state index >= 15 is 0 Å². The van der Waals surface area contributed by atoms with E-state index in [9.17, 15) is 14.4 Å². The second kappa shape index (κ2) is 8.68.